The van der Waals surface area contributed by atoms with E-state index in [4.69, 9.17) is 4.74 Å². The van der Waals surface area contributed by atoms with E-state index in [1.807, 2.05) is 4.57 Å². The van der Waals surface area contributed by atoms with Gasteiger partial charge in [0.2, 0.25) is 5.91 Å². The molecule has 0 unspecified atom stereocenters. The number of rotatable bonds is 6. The van der Waals surface area contributed by atoms with E-state index in [1.54, 1.807) is 23.4 Å². The first kappa shape index (κ1) is 21.5. The normalized spacial score (nSPS) is 19.2. The fraction of sp³-hybridized carbons (Fsp3) is 0.522. The van der Waals surface area contributed by atoms with Crippen LogP contribution in [0.5, 0.6) is 0 Å². The molecule has 1 atom stereocenters. The molecule has 2 amide bonds. The topological polar surface area (TPSA) is 76.5 Å². The molecule has 1 fully saturated rings. The van der Waals surface area contributed by atoms with Gasteiger partial charge in [-0.2, -0.15) is 0 Å². The molecule has 166 valence electrons. The molecule has 8 heteroatoms. The molecule has 0 saturated carbocycles. The summed E-state index contributed by atoms with van der Waals surface area (Å²) in [5.74, 6) is -0.322. The SMILES string of the molecule is CCCCNC(=O)C1CCN(C(=O)c2ncn3c2CO[C@H](c2ccc(F)cc2)C3)CC1. The average molecular weight is 429 g/mol. The molecule has 2 aliphatic heterocycles. The predicted octanol–water partition coefficient (Wildman–Crippen LogP) is 3.06. The van der Waals surface area contributed by atoms with Crippen molar-refractivity contribution < 1.29 is 18.7 Å². The van der Waals surface area contributed by atoms with Crippen molar-refractivity contribution in [3.8, 4) is 0 Å². The Kier molecular flexibility index (Phi) is 6.65. The number of fused-ring (bicyclic) bond motifs is 1. The molecule has 2 aromatic rings. The van der Waals surface area contributed by atoms with Crippen LogP contribution in [0.2, 0.25) is 0 Å². The van der Waals surface area contributed by atoms with Gasteiger partial charge in [-0.1, -0.05) is 25.5 Å². The van der Waals surface area contributed by atoms with Gasteiger partial charge in [-0.05, 0) is 37.0 Å². The minimum absolute atomic E-state index is 0.0309. The number of unbranched alkanes of at least 4 members (excludes halogenated alkanes) is 1. The highest BCUT2D eigenvalue weighted by Crippen LogP contribution is 2.29. The maximum Gasteiger partial charge on any atom is 0.274 e. The van der Waals surface area contributed by atoms with Crippen molar-refractivity contribution in [2.45, 2.75) is 51.9 Å². The number of hydrogen-bond donors (Lipinski definition) is 1. The summed E-state index contributed by atoms with van der Waals surface area (Å²) in [4.78, 5) is 31.5. The van der Waals surface area contributed by atoms with Crippen molar-refractivity contribution in [2.24, 2.45) is 5.92 Å². The average Bonchev–Trinajstić information content (AvgIpc) is 3.22. The monoisotopic (exact) mass is 428 g/mol. The molecule has 31 heavy (non-hydrogen) atoms. The van der Waals surface area contributed by atoms with Crippen LogP contribution < -0.4 is 5.32 Å². The Morgan fingerprint density at radius 2 is 1.97 bits per heavy atom. The molecule has 3 heterocycles. The standard InChI is InChI=1S/C23H29FN4O3/c1-2-3-10-25-22(29)17-8-11-27(12-9-17)23(30)21-19-14-31-20(13-28(19)15-26-21)16-4-6-18(24)7-5-16/h4-7,15,17,20H,2-3,8-14H2,1H3,(H,25,29)/t20-/m0/s1. The van der Waals surface area contributed by atoms with Gasteiger partial charge in [-0.25, -0.2) is 9.37 Å². The Bertz CT molecular complexity index is 919. The number of aromatic nitrogens is 2. The highest BCUT2D eigenvalue weighted by atomic mass is 19.1. The molecule has 2 aliphatic rings. The molecule has 1 N–H and O–H groups in total. The third kappa shape index (κ3) is 4.79. The number of likely N-dealkylation sites (tertiary alicyclic amines) is 1. The smallest absolute Gasteiger partial charge is 0.274 e. The van der Waals surface area contributed by atoms with Crippen LogP contribution in [0.4, 0.5) is 4.39 Å². The molecule has 0 radical (unpaired) electrons. The van der Waals surface area contributed by atoms with Crippen molar-refractivity contribution in [1.29, 1.82) is 0 Å². The lowest BCUT2D eigenvalue weighted by molar-refractivity contribution is -0.126. The van der Waals surface area contributed by atoms with E-state index in [0.29, 0.717) is 44.7 Å². The number of amides is 2. The maximum atomic E-state index is 13.2. The number of carbonyl (C=O) groups is 2. The molecule has 4 rings (SSSR count). The van der Waals surface area contributed by atoms with Crippen LogP contribution in [0.1, 0.15) is 60.5 Å². The number of halogens is 1. The van der Waals surface area contributed by atoms with E-state index >= 15 is 0 Å². The van der Waals surface area contributed by atoms with Crippen LogP contribution >= 0.6 is 0 Å². The molecule has 1 saturated heterocycles. The van der Waals surface area contributed by atoms with Gasteiger partial charge >= 0.3 is 0 Å². The van der Waals surface area contributed by atoms with Crippen LogP contribution in [0.15, 0.2) is 30.6 Å². The van der Waals surface area contributed by atoms with Crippen LogP contribution in [-0.2, 0) is 22.7 Å². The largest absolute Gasteiger partial charge is 0.365 e. The third-order valence-corrected chi connectivity index (χ3v) is 6.16. The van der Waals surface area contributed by atoms with E-state index in [1.165, 1.54) is 12.1 Å². The first-order valence-corrected chi connectivity index (χ1v) is 11.0. The van der Waals surface area contributed by atoms with E-state index in [0.717, 1.165) is 24.1 Å². The summed E-state index contributed by atoms with van der Waals surface area (Å²) in [5.41, 5.74) is 2.08. The van der Waals surface area contributed by atoms with Gasteiger partial charge < -0.3 is 19.5 Å². The second-order valence-corrected chi connectivity index (χ2v) is 8.25. The zero-order valence-electron chi connectivity index (χ0n) is 17.8. The number of nitrogens with zero attached hydrogens (tertiary/aromatic N) is 3. The van der Waals surface area contributed by atoms with E-state index in [-0.39, 0.29) is 36.3 Å². The number of piperidine rings is 1. The molecule has 7 nitrogen and oxygen atoms in total. The molecule has 1 aromatic heterocycles. The highest BCUT2D eigenvalue weighted by molar-refractivity contribution is 5.93. The number of carbonyl (C=O) groups excluding carboxylic acids is 2. The first-order chi connectivity index (χ1) is 15.1. The molecule has 1 aromatic carbocycles. The molecular weight excluding hydrogens is 399 g/mol. The fourth-order valence-electron chi connectivity index (χ4n) is 4.21. The minimum Gasteiger partial charge on any atom is -0.365 e. The summed E-state index contributed by atoms with van der Waals surface area (Å²) < 4.78 is 21.1. The van der Waals surface area contributed by atoms with Crippen LogP contribution in [0.3, 0.4) is 0 Å². The van der Waals surface area contributed by atoms with Crippen molar-refractivity contribution >= 4 is 11.8 Å². The summed E-state index contributed by atoms with van der Waals surface area (Å²) in [6.07, 6.45) is 4.85. The van der Waals surface area contributed by atoms with Crippen molar-refractivity contribution in [1.82, 2.24) is 19.8 Å². The van der Waals surface area contributed by atoms with Gasteiger partial charge in [0.25, 0.3) is 5.91 Å². The quantitative estimate of drug-likeness (QED) is 0.718. The van der Waals surface area contributed by atoms with Crippen molar-refractivity contribution in [3.63, 3.8) is 0 Å². The van der Waals surface area contributed by atoms with Crippen LogP contribution in [-0.4, -0.2) is 45.9 Å². The van der Waals surface area contributed by atoms with Gasteiger partial charge in [0.05, 0.1) is 25.2 Å². The zero-order valence-corrected chi connectivity index (χ0v) is 17.8. The van der Waals surface area contributed by atoms with E-state index in [2.05, 4.69) is 17.2 Å². The lowest BCUT2D eigenvalue weighted by Gasteiger charge is -2.31. The third-order valence-electron chi connectivity index (χ3n) is 6.16. The first-order valence-electron chi connectivity index (χ1n) is 11.0. The fourth-order valence-corrected chi connectivity index (χ4v) is 4.21. The van der Waals surface area contributed by atoms with Crippen molar-refractivity contribution in [3.05, 3.63) is 53.4 Å². The summed E-state index contributed by atoms with van der Waals surface area (Å²) >= 11 is 0. The minimum atomic E-state index is -0.280. The Labute approximate surface area is 181 Å². The Morgan fingerprint density at radius 3 is 2.68 bits per heavy atom. The van der Waals surface area contributed by atoms with Gasteiger partial charge in [0, 0.05) is 25.6 Å². The zero-order chi connectivity index (χ0) is 21.8. The summed E-state index contributed by atoms with van der Waals surface area (Å²) in [5, 5.41) is 2.99. The number of ether oxygens (including phenoxy) is 1. The van der Waals surface area contributed by atoms with Crippen LogP contribution in [0, 0.1) is 11.7 Å². The number of benzene rings is 1. The lowest BCUT2D eigenvalue weighted by atomic mass is 9.95. The second-order valence-electron chi connectivity index (χ2n) is 8.25. The number of nitrogens with one attached hydrogen (secondary N) is 1. The molecular formula is C23H29FN4O3. The van der Waals surface area contributed by atoms with Gasteiger partial charge in [-0.3, -0.25) is 9.59 Å². The highest BCUT2D eigenvalue weighted by Gasteiger charge is 2.32. The number of imidazole rings is 1. The lowest BCUT2D eigenvalue weighted by Crippen LogP contribution is -2.43. The summed E-state index contributed by atoms with van der Waals surface area (Å²) in [6.45, 7) is 4.72. The Hall–Kier alpha value is -2.74. The Balaban J connectivity index is 1.35. The molecule has 0 spiro atoms. The van der Waals surface area contributed by atoms with Crippen molar-refractivity contribution in [2.75, 3.05) is 19.6 Å². The predicted molar refractivity (Wildman–Crippen MR) is 113 cm³/mol. The number of hydrogen-bond acceptors (Lipinski definition) is 4. The van der Waals surface area contributed by atoms with Crippen LogP contribution in [0.25, 0.3) is 0 Å². The molecule has 0 aliphatic carbocycles. The summed E-state index contributed by atoms with van der Waals surface area (Å²) in [6, 6.07) is 6.28. The summed E-state index contributed by atoms with van der Waals surface area (Å²) in [7, 11) is 0. The Morgan fingerprint density at radius 1 is 1.23 bits per heavy atom. The van der Waals surface area contributed by atoms with Gasteiger partial charge in [-0.15, -0.1) is 0 Å². The van der Waals surface area contributed by atoms with Gasteiger partial charge in [0.15, 0.2) is 5.69 Å². The van der Waals surface area contributed by atoms with E-state index < -0.39 is 0 Å². The molecule has 0 bridgehead atoms. The van der Waals surface area contributed by atoms with Gasteiger partial charge in [0.1, 0.15) is 11.9 Å². The second kappa shape index (κ2) is 9.60. The maximum absolute atomic E-state index is 13.2. The van der Waals surface area contributed by atoms with E-state index in [9.17, 15) is 14.0 Å².